The Hall–Kier alpha value is -2.71. The smallest absolute Gasteiger partial charge is 0.260 e. The average molecular weight is 490 g/mol. The van der Waals surface area contributed by atoms with Crippen molar-refractivity contribution in [2.24, 2.45) is 5.92 Å². The average Bonchev–Trinajstić information content (AvgIpc) is 3.21. The number of amides is 3. The van der Waals surface area contributed by atoms with Crippen LogP contribution in [-0.2, 0) is 14.4 Å². The molecule has 2 aromatic rings. The fourth-order valence-electron chi connectivity index (χ4n) is 3.64. The van der Waals surface area contributed by atoms with Gasteiger partial charge in [-0.05, 0) is 62.6 Å². The lowest BCUT2D eigenvalue weighted by molar-refractivity contribution is -0.133. The first-order chi connectivity index (χ1) is 15.9. The Morgan fingerprint density at radius 2 is 1.88 bits per heavy atom. The first-order valence-corrected chi connectivity index (χ1v) is 12.4. The molecule has 9 heteroatoms. The van der Waals surface area contributed by atoms with Crippen molar-refractivity contribution in [2.75, 3.05) is 42.7 Å². The number of hydrogen-bond acceptors (Lipinski definition) is 5. The van der Waals surface area contributed by atoms with Crippen LogP contribution in [0.3, 0.4) is 0 Å². The second kappa shape index (κ2) is 11.4. The van der Waals surface area contributed by atoms with E-state index >= 15 is 0 Å². The summed E-state index contributed by atoms with van der Waals surface area (Å²) in [6, 6.07) is 12.6. The summed E-state index contributed by atoms with van der Waals surface area (Å²) in [6.45, 7) is 5.26. The van der Waals surface area contributed by atoms with E-state index < -0.39 is 5.92 Å². The molecule has 33 heavy (non-hydrogen) atoms. The lowest BCUT2D eigenvalue weighted by atomic mass is 10.1. The lowest BCUT2D eigenvalue weighted by Crippen LogP contribution is -2.34. The number of ether oxygens (including phenoxy) is 1. The van der Waals surface area contributed by atoms with Gasteiger partial charge in [0.15, 0.2) is 6.61 Å². The fraction of sp³-hybridized carbons (Fsp3) is 0.375. The predicted octanol–water partition coefficient (Wildman–Crippen LogP) is 4.30. The van der Waals surface area contributed by atoms with Crippen LogP contribution < -0.4 is 15.0 Å². The summed E-state index contributed by atoms with van der Waals surface area (Å²) in [4.78, 5) is 41.8. The van der Waals surface area contributed by atoms with Crippen molar-refractivity contribution in [2.45, 2.75) is 25.2 Å². The minimum atomic E-state index is -0.459. The van der Waals surface area contributed by atoms with E-state index in [1.165, 1.54) is 0 Å². The van der Waals surface area contributed by atoms with Gasteiger partial charge in [0.25, 0.3) is 5.91 Å². The van der Waals surface area contributed by atoms with Crippen molar-refractivity contribution in [3.8, 4) is 5.75 Å². The highest BCUT2D eigenvalue weighted by Gasteiger charge is 2.35. The van der Waals surface area contributed by atoms with E-state index in [1.54, 1.807) is 39.8 Å². The molecule has 1 aliphatic heterocycles. The molecule has 1 atom stereocenters. The van der Waals surface area contributed by atoms with E-state index in [1.807, 2.05) is 44.4 Å². The van der Waals surface area contributed by atoms with Crippen LogP contribution in [0.4, 0.5) is 11.4 Å². The van der Waals surface area contributed by atoms with Gasteiger partial charge in [-0.25, -0.2) is 0 Å². The summed E-state index contributed by atoms with van der Waals surface area (Å²) in [5.41, 5.74) is 1.29. The molecule has 7 nitrogen and oxygen atoms in total. The van der Waals surface area contributed by atoms with Crippen molar-refractivity contribution in [3.05, 3.63) is 47.5 Å². The number of nitrogens with one attached hydrogen (secondary N) is 1. The third kappa shape index (κ3) is 6.21. The molecule has 0 aliphatic carbocycles. The van der Waals surface area contributed by atoms with Crippen molar-refractivity contribution in [3.63, 3.8) is 0 Å². The van der Waals surface area contributed by atoms with Crippen LogP contribution in [0, 0.1) is 5.92 Å². The molecule has 2 aromatic carbocycles. The number of hydrogen-bond donors (Lipinski definition) is 1. The van der Waals surface area contributed by atoms with E-state index in [0.717, 1.165) is 10.6 Å². The van der Waals surface area contributed by atoms with Gasteiger partial charge < -0.3 is 19.9 Å². The quantitative estimate of drug-likeness (QED) is 0.531. The van der Waals surface area contributed by atoms with Crippen LogP contribution in [0.5, 0.6) is 5.75 Å². The molecule has 0 bridgehead atoms. The minimum absolute atomic E-state index is 0.0771. The predicted molar refractivity (Wildman–Crippen MR) is 132 cm³/mol. The van der Waals surface area contributed by atoms with Gasteiger partial charge >= 0.3 is 0 Å². The molecule has 1 heterocycles. The molecule has 1 saturated heterocycles. The monoisotopic (exact) mass is 489 g/mol. The van der Waals surface area contributed by atoms with Crippen LogP contribution in [0.25, 0.3) is 0 Å². The number of carbonyl (C=O) groups excluding carboxylic acids is 3. The number of benzene rings is 2. The fourth-order valence-corrected chi connectivity index (χ4v) is 4.29. The maximum Gasteiger partial charge on any atom is 0.260 e. The number of anilines is 2. The zero-order valence-corrected chi connectivity index (χ0v) is 20.5. The van der Waals surface area contributed by atoms with Gasteiger partial charge in [0.1, 0.15) is 5.75 Å². The third-order valence-electron chi connectivity index (χ3n) is 5.55. The topological polar surface area (TPSA) is 79.0 Å². The molecule has 176 valence electrons. The first kappa shape index (κ1) is 24.9. The van der Waals surface area contributed by atoms with Crippen molar-refractivity contribution in [1.82, 2.24) is 4.90 Å². The van der Waals surface area contributed by atoms with E-state index in [4.69, 9.17) is 16.3 Å². The van der Waals surface area contributed by atoms with Crippen LogP contribution in [0.2, 0.25) is 5.02 Å². The number of carbonyl (C=O) groups is 3. The summed E-state index contributed by atoms with van der Waals surface area (Å²) in [7, 11) is 0. The first-order valence-electron chi connectivity index (χ1n) is 10.8. The summed E-state index contributed by atoms with van der Waals surface area (Å²) in [5, 5.41) is 3.12. The Kier molecular flexibility index (Phi) is 8.63. The molecule has 0 saturated carbocycles. The third-order valence-corrected chi connectivity index (χ3v) is 6.59. The van der Waals surface area contributed by atoms with E-state index in [0.29, 0.717) is 31.1 Å². The van der Waals surface area contributed by atoms with E-state index in [-0.39, 0.29) is 35.8 Å². The molecule has 0 aromatic heterocycles. The molecule has 1 aliphatic rings. The van der Waals surface area contributed by atoms with Crippen LogP contribution >= 0.6 is 23.4 Å². The van der Waals surface area contributed by atoms with Gasteiger partial charge in [0.2, 0.25) is 11.8 Å². The Bertz CT molecular complexity index is 1010. The number of likely N-dealkylation sites (N-methyl/N-ethyl adjacent to an activating group) is 1. The summed E-state index contributed by atoms with van der Waals surface area (Å²) >= 11 is 7.92. The number of nitrogens with zero attached hydrogens (tertiary/aromatic N) is 2. The highest BCUT2D eigenvalue weighted by molar-refractivity contribution is 7.98. The maximum atomic E-state index is 12.8. The zero-order valence-electron chi connectivity index (χ0n) is 19.0. The Morgan fingerprint density at radius 1 is 1.18 bits per heavy atom. The number of halogens is 1. The van der Waals surface area contributed by atoms with E-state index in [2.05, 4.69) is 5.32 Å². The van der Waals surface area contributed by atoms with Gasteiger partial charge in [-0.2, -0.15) is 0 Å². The van der Waals surface area contributed by atoms with Crippen LogP contribution in [0.15, 0.2) is 47.4 Å². The lowest BCUT2D eigenvalue weighted by Gasteiger charge is -2.19. The molecule has 1 N–H and O–H groups in total. The molecule has 3 amide bonds. The molecule has 0 spiro atoms. The molecular formula is C24H28ClN3O4S. The van der Waals surface area contributed by atoms with E-state index in [9.17, 15) is 14.4 Å². The van der Waals surface area contributed by atoms with Gasteiger partial charge in [-0.3, -0.25) is 14.4 Å². The van der Waals surface area contributed by atoms with Gasteiger partial charge in [-0.1, -0.05) is 11.6 Å². The SMILES string of the molecule is CCN(CC)C(=O)COc1ccc(NC(=O)C2CC(=O)N(c3ccc(SC)cc3)C2)cc1Cl. The van der Waals surface area contributed by atoms with Crippen molar-refractivity contribution < 1.29 is 19.1 Å². The maximum absolute atomic E-state index is 12.8. The molecule has 3 rings (SSSR count). The normalized spacial score (nSPS) is 15.5. The molecule has 0 radical (unpaired) electrons. The second-order valence-electron chi connectivity index (χ2n) is 7.59. The minimum Gasteiger partial charge on any atom is -0.482 e. The second-order valence-corrected chi connectivity index (χ2v) is 8.88. The highest BCUT2D eigenvalue weighted by Crippen LogP contribution is 2.30. The van der Waals surface area contributed by atoms with Gasteiger partial charge in [0, 0.05) is 42.3 Å². The molecular weight excluding hydrogens is 462 g/mol. The number of rotatable bonds is 9. The standard InChI is InChI=1S/C24H28ClN3O4S/c1-4-27(5-2)23(30)15-32-21-11-6-17(13-20(21)25)26-24(31)16-12-22(29)28(14-16)18-7-9-19(33-3)10-8-18/h6-11,13,16H,4-5,12,14-15H2,1-3H3,(H,26,31). The van der Waals surface area contributed by atoms with Crippen molar-refractivity contribution in [1.29, 1.82) is 0 Å². The molecule has 1 unspecified atom stereocenters. The summed E-state index contributed by atoms with van der Waals surface area (Å²) in [5.74, 6) is -0.531. The highest BCUT2D eigenvalue weighted by atomic mass is 35.5. The Balaban J connectivity index is 1.58. The van der Waals surface area contributed by atoms with Crippen molar-refractivity contribution >= 4 is 52.5 Å². The summed E-state index contributed by atoms with van der Waals surface area (Å²) in [6.07, 6.45) is 2.14. The Morgan fingerprint density at radius 3 is 2.48 bits per heavy atom. The Labute approximate surface area is 203 Å². The summed E-state index contributed by atoms with van der Waals surface area (Å²) < 4.78 is 5.55. The zero-order chi connectivity index (χ0) is 24.0. The number of thioether (sulfide) groups is 1. The van der Waals surface area contributed by atoms with Gasteiger partial charge in [-0.15, -0.1) is 11.8 Å². The van der Waals surface area contributed by atoms with Crippen LogP contribution in [0.1, 0.15) is 20.3 Å². The van der Waals surface area contributed by atoms with Gasteiger partial charge in [0.05, 0.1) is 10.9 Å². The molecule has 1 fully saturated rings. The largest absolute Gasteiger partial charge is 0.482 e. The van der Waals surface area contributed by atoms with Crippen LogP contribution in [-0.4, -0.2) is 55.1 Å².